The van der Waals surface area contributed by atoms with Gasteiger partial charge in [-0.2, -0.15) is 0 Å². The molecule has 100 valence electrons. The van der Waals surface area contributed by atoms with Crippen LogP contribution in [0.5, 0.6) is 5.75 Å². The number of nitrogen functional groups attached to an aromatic ring is 1. The Morgan fingerprint density at radius 2 is 2.21 bits per heavy atom. The number of amides is 1. The van der Waals surface area contributed by atoms with Gasteiger partial charge >= 0.3 is 0 Å². The molecule has 19 heavy (non-hydrogen) atoms. The minimum atomic E-state index is -0.324. The van der Waals surface area contributed by atoms with Crippen LogP contribution in [0.15, 0.2) is 24.3 Å². The van der Waals surface area contributed by atoms with Crippen LogP contribution >= 0.6 is 11.3 Å². The molecule has 0 bridgehead atoms. The van der Waals surface area contributed by atoms with Crippen molar-refractivity contribution in [2.24, 2.45) is 5.84 Å². The molecular weight excluding hydrogens is 262 g/mol. The number of aryl methyl sites for hydroxylation is 1. The number of ether oxygens (including phenoxy) is 1. The molecule has 0 radical (unpaired) electrons. The minimum absolute atomic E-state index is 0.324. The predicted molar refractivity (Wildman–Crippen MR) is 75.1 cm³/mol. The molecule has 1 amide bonds. The monoisotopic (exact) mass is 277 g/mol. The van der Waals surface area contributed by atoms with Crippen LogP contribution < -0.4 is 16.0 Å². The van der Waals surface area contributed by atoms with E-state index in [4.69, 9.17) is 10.6 Å². The van der Waals surface area contributed by atoms with Crippen molar-refractivity contribution in [2.45, 2.75) is 13.8 Å². The van der Waals surface area contributed by atoms with Gasteiger partial charge in [0.1, 0.15) is 15.6 Å². The van der Waals surface area contributed by atoms with Crippen molar-refractivity contribution in [3.63, 3.8) is 0 Å². The molecule has 1 heterocycles. The van der Waals surface area contributed by atoms with E-state index < -0.39 is 0 Å². The number of carbonyl (C=O) groups excluding carboxylic acids is 1. The van der Waals surface area contributed by atoms with Crippen LogP contribution in [0.2, 0.25) is 0 Å². The number of carbonyl (C=O) groups is 1. The first-order valence-electron chi connectivity index (χ1n) is 5.88. The van der Waals surface area contributed by atoms with Gasteiger partial charge in [-0.15, -0.1) is 11.3 Å². The Morgan fingerprint density at radius 3 is 2.89 bits per heavy atom. The normalized spacial score (nSPS) is 10.3. The third kappa shape index (κ3) is 2.74. The summed E-state index contributed by atoms with van der Waals surface area (Å²) in [4.78, 5) is 16.5. The fraction of sp³-hybridized carbons (Fsp3) is 0.231. The lowest BCUT2D eigenvalue weighted by Crippen LogP contribution is -2.29. The van der Waals surface area contributed by atoms with Crippen LogP contribution in [0.3, 0.4) is 0 Å². The van der Waals surface area contributed by atoms with Crippen molar-refractivity contribution in [1.29, 1.82) is 0 Å². The molecule has 0 aliphatic rings. The second-order valence-corrected chi connectivity index (χ2v) is 4.84. The van der Waals surface area contributed by atoms with Gasteiger partial charge in [-0.3, -0.25) is 10.2 Å². The van der Waals surface area contributed by atoms with Crippen molar-refractivity contribution in [1.82, 2.24) is 10.4 Å². The number of benzene rings is 1. The number of nitrogens with zero attached hydrogens (tertiary/aromatic N) is 1. The molecule has 5 nitrogen and oxygen atoms in total. The Balaban J connectivity index is 2.45. The highest BCUT2D eigenvalue weighted by molar-refractivity contribution is 7.17. The largest absolute Gasteiger partial charge is 0.493 e. The van der Waals surface area contributed by atoms with Gasteiger partial charge in [-0.05, 0) is 26.0 Å². The van der Waals surface area contributed by atoms with Crippen LogP contribution in [-0.4, -0.2) is 17.5 Å². The molecule has 0 saturated carbocycles. The standard InChI is InChI=1S/C13H15N3O2S/c1-3-18-10-7-5-4-6-9(10)13-15-8(2)11(19-13)12(17)16-14/h4-7H,3,14H2,1-2H3,(H,16,17). The van der Waals surface area contributed by atoms with Gasteiger partial charge in [0.25, 0.3) is 5.91 Å². The maximum atomic E-state index is 11.6. The van der Waals surface area contributed by atoms with E-state index in [1.165, 1.54) is 11.3 Å². The van der Waals surface area contributed by atoms with E-state index in [-0.39, 0.29) is 5.91 Å². The first kappa shape index (κ1) is 13.5. The number of hydrazine groups is 1. The molecule has 6 heteroatoms. The van der Waals surface area contributed by atoms with Crippen LogP contribution in [0.25, 0.3) is 10.6 Å². The van der Waals surface area contributed by atoms with Crippen molar-refractivity contribution in [2.75, 3.05) is 6.61 Å². The molecule has 2 rings (SSSR count). The Labute approximate surface area is 115 Å². The first-order chi connectivity index (χ1) is 9.17. The Bertz CT molecular complexity index is 595. The number of thiazole rings is 1. The van der Waals surface area contributed by atoms with E-state index in [9.17, 15) is 4.79 Å². The van der Waals surface area contributed by atoms with Crippen LogP contribution in [-0.2, 0) is 0 Å². The maximum absolute atomic E-state index is 11.6. The topological polar surface area (TPSA) is 77.2 Å². The Kier molecular flexibility index (Phi) is 4.13. The van der Waals surface area contributed by atoms with Gasteiger partial charge in [0.15, 0.2) is 0 Å². The van der Waals surface area contributed by atoms with Gasteiger partial charge in [0.2, 0.25) is 0 Å². The Hall–Kier alpha value is -1.92. The molecule has 2 aromatic rings. The summed E-state index contributed by atoms with van der Waals surface area (Å²) in [7, 11) is 0. The van der Waals surface area contributed by atoms with Gasteiger partial charge in [0.05, 0.1) is 17.9 Å². The molecule has 1 aromatic heterocycles. The smallest absolute Gasteiger partial charge is 0.277 e. The van der Waals surface area contributed by atoms with Crippen LogP contribution in [0.1, 0.15) is 22.3 Å². The highest BCUT2D eigenvalue weighted by Gasteiger charge is 2.17. The highest BCUT2D eigenvalue weighted by Crippen LogP contribution is 2.34. The summed E-state index contributed by atoms with van der Waals surface area (Å²) < 4.78 is 5.57. The maximum Gasteiger partial charge on any atom is 0.277 e. The number of hydrogen-bond acceptors (Lipinski definition) is 5. The van der Waals surface area contributed by atoms with Crippen LogP contribution in [0, 0.1) is 6.92 Å². The highest BCUT2D eigenvalue weighted by atomic mass is 32.1. The zero-order valence-corrected chi connectivity index (χ0v) is 11.6. The minimum Gasteiger partial charge on any atom is -0.493 e. The second-order valence-electron chi connectivity index (χ2n) is 3.84. The van der Waals surface area contributed by atoms with E-state index >= 15 is 0 Å². The van der Waals surface area contributed by atoms with Crippen molar-refractivity contribution in [3.05, 3.63) is 34.8 Å². The summed E-state index contributed by atoms with van der Waals surface area (Å²) in [5.41, 5.74) is 3.67. The zero-order chi connectivity index (χ0) is 13.8. The number of nitrogens with one attached hydrogen (secondary N) is 1. The van der Waals surface area contributed by atoms with E-state index in [0.29, 0.717) is 17.2 Å². The zero-order valence-electron chi connectivity index (χ0n) is 10.8. The number of rotatable bonds is 4. The molecule has 0 fully saturated rings. The third-order valence-corrected chi connectivity index (χ3v) is 3.74. The fourth-order valence-corrected chi connectivity index (χ4v) is 2.71. The van der Waals surface area contributed by atoms with Crippen LogP contribution in [0.4, 0.5) is 0 Å². The SMILES string of the molecule is CCOc1ccccc1-c1nc(C)c(C(=O)NN)s1. The summed E-state index contributed by atoms with van der Waals surface area (Å²) in [6.45, 7) is 4.29. The molecule has 1 aromatic carbocycles. The van der Waals surface area contributed by atoms with Crippen molar-refractivity contribution >= 4 is 17.2 Å². The molecule has 0 spiro atoms. The lowest BCUT2D eigenvalue weighted by atomic mass is 10.2. The average Bonchev–Trinajstić information content (AvgIpc) is 2.81. The number of para-hydroxylation sites is 1. The fourth-order valence-electron chi connectivity index (χ4n) is 1.71. The molecule has 0 aliphatic heterocycles. The number of nitrogens with two attached hydrogens (primary N) is 1. The quantitative estimate of drug-likeness (QED) is 0.510. The van der Waals surface area contributed by atoms with E-state index in [1.807, 2.05) is 31.2 Å². The predicted octanol–water partition coefficient (Wildman–Crippen LogP) is 2.12. The molecule has 3 N–H and O–H groups in total. The van der Waals surface area contributed by atoms with E-state index in [0.717, 1.165) is 16.3 Å². The summed E-state index contributed by atoms with van der Waals surface area (Å²) in [5, 5.41) is 0.750. The summed E-state index contributed by atoms with van der Waals surface area (Å²) in [5.74, 6) is 5.59. The van der Waals surface area contributed by atoms with Gasteiger partial charge in [0, 0.05) is 0 Å². The van der Waals surface area contributed by atoms with Crippen molar-refractivity contribution in [3.8, 4) is 16.3 Å². The van der Waals surface area contributed by atoms with Gasteiger partial charge in [-0.25, -0.2) is 10.8 Å². The Morgan fingerprint density at radius 1 is 1.47 bits per heavy atom. The number of aromatic nitrogens is 1. The van der Waals surface area contributed by atoms with Gasteiger partial charge < -0.3 is 4.74 Å². The lowest BCUT2D eigenvalue weighted by molar-refractivity contribution is 0.0957. The van der Waals surface area contributed by atoms with E-state index in [2.05, 4.69) is 10.4 Å². The first-order valence-corrected chi connectivity index (χ1v) is 6.69. The molecule has 0 unspecified atom stereocenters. The summed E-state index contributed by atoms with van der Waals surface area (Å²) >= 11 is 1.30. The molecular formula is C13H15N3O2S. The third-order valence-electron chi connectivity index (χ3n) is 2.55. The molecule has 0 atom stereocenters. The van der Waals surface area contributed by atoms with Gasteiger partial charge in [-0.1, -0.05) is 12.1 Å². The average molecular weight is 277 g/mol. The molecule has 0 aliphatic carbocycles. The second kappa shape index (κ2) is 5.81. The lowest BCUT2D eigenvalue weighted by Gasteiger charge is -2.07. The summed E-state index contributed by atoms with van der Waals surface area (Å²) in [6.07, 6.45) is 0. The molecule has 0 saturated heterocycles. The number of hydrogen-bond donors (Lipinski definition) is 2. The van der Waals surface area contributed by atoms with E-state index in [1.54, 1.807) is 6.92 Å². The van der Waals surface area contributed by atoms with Crippen molar-refractivity contribution < 1.29 is 9.53 Å². The summed E-state index contributed by atoms with van der Waals surface area (Å²) in [6, 6.07) is 7.63.